The molecule has 2 aromatic carbocycles. The lowest BCUT2D eigenvalue weighted by molar-refractivity contribution is -0.156. The topological polar surface area (TPSA) is 91.8 Å². The Kier molecular flexibility index (Phi) is 5.99. The number of ether oxygens (including phenoxy) is 3. The molecule has 10 heteroatoms. The second kappa shape index (κ2) is 8.84. The molecule has 4 aliphatic rings. The maximum absolute atomic E-state index is 14.1. The molecule has 39 heavy (non-hydrogen) atoms. The number of aliphatic hydroxyl groups is 1. The quantitative estimate of drug-likeness (QED) is 0.488. The van der Waals surface area contributed by atoms with E-state index in [0.717, 1.165) is 21.3 Å². The van der Waals surface area contributed by atoms with Gasteiger partial charge in [0.15, 0.2) is 6.29 Å². The molecule has 4 heterocycles. The Labute approximate surface area is 236 Å². The normalized spacial score (nSPS) is 30.6. The highest BCUT2D eigenvalue weighted by molar-refractivity contribution is 9.10. The van der Waals surface area contributed by atoms with Crippen LogP contribution < -0.4 is 9.80 Å². The molecule has 2 aromatic rings. The number of likely N-dealkylation sites (N-methyl/N-ethyl adjacent to an activating group) is 1. The van der Waals surface area contributed by atoms with Crippen molar-refractivity contribution in [2.24, 2.45) is 0 Å². The second-order valence-electron chi connectivity index (χ2n) is 11.7. The first kappa shape index (κ1) is 26.4. The number of piperidine rings is 1. The van der Waals surface area contributed by atoms with E-state index in [4.69, 9.17) is 14.2 Å². The molecule has 0 bridgehead atoms. The summed E-state index contributed by atoms with van der Waals surface area (Å²) in [5.41, 5.74) is 1.16. The molecule has 1 unspecified atom stereocenters. The van der Waals surface area contributed by atoms with Gasteiger partial charge in [-0.3, -0.25) is 9.80 Å². The Bertz CT molecular complexity index is 1350. The van der Waals surface area contributed by atoms with Crippen molar-refractivity contribution in [2.45, 2.75) is 75.7 Å². The number of carbonyl (C=O) groups is 2. The number of benzene rings is 2. The van der Waals surface area contributed by atoms with E-state index in [-0.39, 0.29) is 13.0 Å². The molecular formula is C29H34BrN3O6. The number of rotatable bonds is 1. The van der Waals surface area contributed by atoms with Crippen molar-refractivity contribution in [3.63, 3.8) is 0 Å². The molecule has 0 aliphatic carbocycles. The van der Waals surface area contributed by atoms with Crippen LogP contribution >= 0.6 is 15.9 Å². The monoisotopic (exact) mass is 599 g/mol. The van der Waals surface area contributed by atoms with Crippen LogP contribution in [0.2, 0.25) is 0 Å². The van der Waals surface area contributed by atoms with Gasteiger partial charge in [-0.05, 0) is 57.9 Å². The van der Waals surface area contributed by atoms with Gasteiger partial charge in [0.25, 0.3) is 0 Å². The third kappa shape index (κ3) is 3.44. The zero-order valence-electron chi connectivity index (χ0n) is 22.8. The summed E-state index contributed by atoms with van der Waals surface area (Å²) in [7, 11) is 1.99. The number of aliphatic hydroxyl groups excluding tert-OH is 1. The summed E-state index contributed by atoms with van der Waals surface area (Å²) in [6, 6.07) is 13.8. The van der Waals surface area contributed by atoms with Crippen LogP contribution in [-0.4, -0.2) is 66.7 Å². The molecule has 5 atom stereocenters. The first-order valence-corrected chi connectivity index (χ1v) is 14.2. The van der Waals surface area contributed by atoms with Crippen LogP contribution in [-0.2, 0) is 25.0 Å². The fourth-order valence-electron chi connectivity index (χ4n) is 7.59. The van der Waals surface area contributed by atoms with Gasteiger partial charge in [-0.15, -0.1) is 0 Å². The Morgan fingerprint density at radius 3 is 2.54 bits per heavy atom. The van der Waals surface area contributed by atoms with Crippen molar-refractivity contribution < 1.29 is 28.9 Å². The Balaban J connectivity index is 1.69. The minimum absolute atomic E-state index is 0.228. The first-order valence-electron chi connectivity index (χ1n) is 13.4. The van der Waals surface area contributed by atoms with E-state index >= 15 is 0 Å². The lowest BCUT2D eigenvalue weighted by Gasteiger charge is -2.63. The van der Waals surface area contributed by atoms with E-state index in [2.05, 4.69) is 26.9 Å². The van der Waals surface area contributed by atoms with Crippen molar-refractivity contribution in [3.8, 4) is 0 Å². The Morgan fingerprint density at radius 1 is 1.10 bits per heavy atom. The average Bonchev–Trinajstić information content (AvgIpc) is 3.35. The number of likely N-dealkylation sites (tertiary alicyclic amines) is 1. The number of carbonyl (C=O) groups excluding carboxylic acids is 2. The fraction of sp³-hybridized carbons (Fsp3) is 0.517. The van der Waals surface area contributed by atoms with Crippen molar-refractivity contribution in [1.82, 2.24) is 4.90 Å². The highest BCUT2D eigenvalue weighted by atomic mass is 79.9. The van der Waals surface area contributed by atoms with Crippen LogP contribution in [0.15, 0.2) is 46.9 Å². The van der Waals surface area contributed by atoms with Crippen LogP contribution in [0.1, 0.15) is 51.7 Å². The molecule has 208 valence electrons. The zero-order chi connectivity index (χ0) is 27.9. The van der Waals surface area contributed by atoms with Gasteiger partial charge in [0.1, 0.15) is 18.0 Å². The maximum atomic E-state index is 14.1. The Hall–Kier alpha value is -2.82. The van der Waals surface area contributed by atoms with Crippen LogP contribution in [0.4, 0.5) is 21.0 Å². The summed E-state index contributed by atoms with van der Waals surface area (Å²) in [5.74, 6) is 0. The number of hydrogen-bond acceptors (Lipinski definition) is 7. The smallest absolute Gasteiger partial charge is 0.416 e. The number of anilines is 2. The van der Waals surface area contributed by atoms with E-state index in [1.807, 2.05) is 64.2 Å². The van der Waals surface area contributed by atoms with Gasteiger partial charge < -0.3 is 24.2 Å². The number of nitrogens with zero attached hydrogens (tertiary/aromatic N) is 3. The van der Waals surface area contributed by atoms with Crippen LogP contribution in [0.5, 0.6) is 0 Å². The molecule has 0 saturated carbocycles. The van der Waals surface area contributed by atoms with E-state index in [1.54, 1.807) is 16.7 Å². The number of amides is 2. The summed E-state index contributed by atoms with van der Waals surface area (Å²) in [6.07, 6.45) is -2.59. The van der Waals surface area contributed by atoms with Crippen LogP contribution in [0.3, 0.4) is 0 Å². The van der Waals surface area contributed by atoms with E-state index in [1.165, 1.54) is 0 Å². The van der Waals surface area contributed by atoms with Crippen molar-refractivity contribution in [1.29, 1.82) is 0 Å². The molecule has 2 saturated heterocycles. The van der Waals surface area contributed by atoms with Gasteiger partial charge in [-0.2, -0.15) is 0 Å². The van der Waals surface area contributed by atoms with E-state index in [9.17, 15) is 14.7 Å². The van der Waals surface area contributed by atoms with Crippen molar-refractivity contribution in [2.75, 3.05) is 30.0 Å². The minimum atomic E-state index is -1.11. The van der Waals surface area contributed by atoms with Gasteiger partial charge in [-0.1, -0.05) is 40.2 Å². The van der Waals surface area contributed by atoms with Crippen LogP contribution in [0, 0.1) is 0 Å². The molecule has 2 spiro atoms. The standard InChI is InChI=1S/C29H34BrN3O6/c1-6-37-25(35)32-15-14-28-22-18(30)11-9-13-20(22)31(5)23(28)33(26(36)39-27(2,3)4)19-12-8-7-10-17(19)29(28)16-21(34)38-24(29)32/h7-13,21,23-24,34H,6,14-16H2,1-5H3/t21?,23-,24-,28-,29-/m0/s1. The third-order valence-corrected chi connectivity index (χ3v) is 9.30. The number of hydrogen-bond donors (Lipinski definition) is 1. The van der Waals surface area contributed by atoms with E-state index < -0.39 is 47.3 Å². The van der Waals surface area contributed by atoms with Gasteiger partial charge in [0.2, 0.25) is 0 Å². The molecule has 4 aliphatic heterocycles. The first-order chi connectivity index (χ1) is 18.5. The maximum Gasteiger partial charge on any atom is 0.416 e. The summed E-state index contributed by atoms with van der Waals surface area (Å²) in [4.78, 5) is 32.8. The molecule has 6 rings (SSSR count). The highest BCUT2D eigenvalue weighted by Gasteiger charge is 2.76. The molecular weight excluding hydrogens is 566 g/mol. The van der Waals surface area contributed by atoms with Gasteiger partial charge in [0, 0.05) is 35.7 Å². The number of para-hydroxylation sites is 1. The Morgan fingerprint density at radius 2 is 1.82 bits per heavy atom. The summed E-state index contributed by atoms with van der Waals surface area (Å²) < 4.78 is 18.6. The zero-order valence-corrected chi connectivity index (χ0v) is 24.4. The number of fused-ring (bicyclic) bond motifs is 2. The highest BCUT2D eigenvalue weighted by Crippen LogP contribution is 2.70. The molecule has 2 fully saturated rings. The van der Waals surface area contributed by atoms with Gasteiger partial charge >= 0.3 is 12.2 Å². The molecule has 0 radical (unpaired) electrons. The van der Waals surface area contributed by atoms with Crippen LogP contribution in [0.25, 0.3) is 0 Å². The second-order valence-corrected chi connectivity index (χ2v) is 12.6. The average molecular weight is 601 g/mol. The van der Waals surface area contributed by atoms with Gasteiger partial charge in [0.05, 0.1) is 23.1 Å². The molecule has 9 nitrogen and oxygen atoms in total. The third-order valence-electron chi connectivity index (χ3n) is 8.64. The number of halogens is 1. The summed E-state index contributed by atoms with van der Waals surface area (Å²) >= 11 is 3.85. The molecule has 1 N–H and O–H groups in total. The molecule has 0 aromatic heterocycles. The predicted molar refractivity (Wildman–Crippen MR) is 149 cm³/mol. The molecule has 2 amide bonds. The lowest BCUT2D eigenvalue weighted by Crippen LogP contribution is -2.75. The summed E-state index contributed by atoms with van der Waals surface area (Å²) in [5, 5.41) is 11.1. The predicted octanol–water partition coefficient (Wildman–Crippen LogP) is 5.08. The fourth-order valence-corrected chi connectivity index (χ4v) is 8.30. The lowest BCUT2D eigenvalue weighted by atomic mass is 9.49. The summed E-state index contributed by atoms with van der Waals surface area (Å²) in [6.45, 7) is 7.90. The van der Waals surface area contributed by atoms with Crippen molar-refractivity contribution in [3.05, 3.63) is 58.1 Å². The van der Waals surface area contributed by atoms with Crippen molar-refractivity contribution >= 4 is 39.5 Å². The SMILES string of the molecule is CCOC(=O)N1CC[C@]23c4c(Br)cccc4N(C)[C@H]2N(C(=O)OC(C)(C)C)c2ccccc2[C@]32CC(O)O[C@H]12. The minimum Gasteiger partial charge on any atom is -0.450 e. The largest absolute Gasteiger partial charge is 0.450 e. The van der Waals surface area contributed by atoms with E-state index in [0.29, 0.717) is 18.7 Å². The van der Waals surface area contributed by atoms with Gasteiger partial charge in [-0.25, -0.2) is 9.59 Å².